The van der Waals surface area contributed by atoms with E-state index in [1.54, 1.807) is 23.1 Å². The number of carbonyl (C=O) groups excluding carboxylic acids is 1. The van der Waals surface area contributed by atoms with Crippen LogP contribution in [-0.2, 0) is 17.1 Å². The number of carbonyl (C=O) groups is 1. The molecular formula is C15H17ClN2OS2. The lowest BCUT2D eigenvalue weighted by Crippen LogP contribution is -2.22. The number of thiazole rings is 1. The van der Waals surface area contributed by atoms with E-state index in [9.17, 15) is 4.79 Å². The highest BCUT2D eigenvalue weighted by atomic mass is 35.5. The summed E-state index contributed by atoms with van der Waals surface area (Å²) in [7, 11) is 0. The van der Waals surface area contributed by atoms with E-state index in [4.69, 9.17) is 11.6 Å². The molecule has 0 unspecified atom stereocenters. The number of aromatic nitrogens is 1. The van der Waals surface area contributed by atoms with Gasteiger partial charge in [-0.1, -0.05) is 23.7 Å². The molecule has 0 saturated heterocycles. The first-order valence-corrected chi connectivity index (χ1v) is 9.04. The van der Waals surface area contributed by atoms with Gasteiger partial charge < -0.3 is 5.32 Å². The second kappa shape index (κ2) is 8.41. The molecule has 0 atom stereocenters. The van der Waals surface area contributed by atoms with Gasteiger partial charge in [-0.2, -0.15) is 11.8 Å². The lowest BCUT2D eigenvalue weighted by Gasteiger charge is -2.05. The Morgan fingerprint density at radius 3 is 2.81 bits per heavy atom. The molecule has 1 amide bonds. The fourth-order valence-corrected chi connectivity index (χ4v) is 3.38. The van der Waals surface area contributed by atoms with E-state index in [-0.39, 0.29) is 5.91 Å². The summed E-state index contributed by atoms with van der Waals surface area (Å²) in [6.45, 7) is 2.55. The van der Waals surface area contributed by atoms with Crippen molar-refractivity contribution in [1.29, 1.82) is 0 Å². The van der Waals surface area contributed by atoms with E-state index >= 15 is 0 Å². The first-order valence-electron chi connectivity index (χ1n) is 6.63. The van der Waals surface area contributed by atoms with Crippen molar-refractivity contribution in [1.82, 2.24) is 10.3 Å². The van der Waals surface area contributed by atoms with Crippen LogP contribution in [-0.4, -0.2) is 16.6 Å². The summed E-state index contributed by atoms with van der Waals surface area (Å²) in [5.74, 6) is 1.75. The summed E-state index contributed by atoms with van der Waals surface area (Å²) in [6.07, 6.45) is 0.529. The number of rotatable bonds is 7. The summed E-state index contributed by atoms with van der Waals surface area (Å²) in [5.41, 5.74) is 2.16. The van der Waals surface area contributed by atoms with Gasteiger partial charge in [-0.05, 0) is 24.6 Å². The molecule has 0 aliphatic carbocycles. The Balaban J connectivity index is 1.60. The number of nitrogens with zero attached hydrogens (tertiary/aromatic N) is 1. The van der Waals surface area contributed by atoms with Gasteiger partial charge in [0.15, 0.2) is 0 Å². The first-order chi connectivity index (χ1) is 10.1. The molecule has 3 nitrogen and oxygen atoms in total. The Labute approximate surface area is 138 Å². The SMILES string of the molecule is Cc1nc(CSCCC(=O)NCc2ccc(Cl)cc2)cs1. The van der Waals surface area contributed by atoms with Crippen molar-refractivity contribution in [2.24, 2.45) is 0 Å². The monoisotopic (exact) mass is 340 g/mol. The average molecular weight is 341 g/mol. The molecule has 0 fully saturated rings. The quantitative estimate of drug-likeness (QED) is 0.773. The highest BCUT2D eigenvalue weighted by Gasteiger charge is 2.03. The van der Waals surface area contributed by atoms with Crippen LogP contribution < -0.4 is 5.32 Å². The third-order valence-electron chi connectivity index (χ3n) is 2.79. The molecule has 1 aromatic carbocycles. The normalized spacial score (nSPS) is 10.6. The fraction of sp³-hybridized carbons (Fsp3) is 0.333. The van der Waals surface area contributed by atoms with Gasteiger partial charge in [0, 0.05) is 34.9 Å². The third kappa shape index (κ3) is 6.08. The molecule has 21 heavy (non-hydrogen) atoms. The molecule has 0 saturated carbocycles. The van der Waals surface area contributed by atoms with Gasteiger partial charge in [0.2, 0.25) is 5.91 Å². The molecule has 1 heterocycles. The highest BCUT2D eigenvalue weighted by Crippen LogP contribution is 2.15. The van der Waals surface area contributed by atoms with Crippen LogP contribution in [0.4, 0.5) is 0 Å². The second-order valence-electron chi connectivity index (χ2n) is 4.56. The summed E-state index contributed by atoms with van der Waals surface area (Å²) in [5, 5.41) is 6.78. The second-order valence-corrected chi connectivity index (χ2v) is 7.17. The smallest absolute Gasteiger partial charge is 0.221 e. The Morgan fingerprint density at radius 2 is 2.14 bits per heavy atom. The number of thioether (sulfide) groups is 1. The van der Waals surface area contributed by atoms with Crippen LogP contribution in [0.15, 0.2) is 29.6 Å². The summed E-state index contributed by atoms with van der Waals surface area (Å²) < 4.78 is 0. The van der Waals surface area contributed by atoms with Crippen molar-refractivity contribution >= 4 is 40.6 Å². The molecule has 1 aromatic heterocycles. The van der Waals surface area contributed by atoms with Gasteiger partial charge in [-0.25, -0.2) is 4.98 Å². The van der Waals surface area contributed by atoms with Gasteiger partial charge in [-0.15, -0.1) is 11.3 Å². The van der Waals surface area contributed by atoms with Crippen molar-refractivity contribution in [3.8, 4) is 0 Å². The van der Waals surface area contributed by atoms with Gasteiger partial charge in [-0.3, -0.25) is 4.79 Å². The molecule has 112 valence electrons. The van der Waals surface area contributed by atoms with E-state index in [1.165, 1.54) is 0 Å². The zero-order chi connectivity index (χ0) is 15.1. The van der Waals surface area contributed by atoms with Crippen LogP contribution in [0.5, 0.6) is 0 Å². The molecule has 0 spiro atoms. The largest absolute Gasteiger partial charge is 0.352 e. The van der Waals surface area contributed by atoms with Crippen LogP contribution >= 0.6 is 34.7 Å². The first kappa shape index (κ1) is 16.3. The van der Waals surface area contributed by atoms with Crippen molar-refractivity contribution in [2.75, 3.05) is 5.75 Å². The van der Waals surface area contributed by atoms with E-state index < -0.39 is 0 Å². The van der Waals surface area contributed by atoms with Gasteiger partial charge in [0.05, 0.1) is 10.7 Å². The van der Waals surface area contributed by atoms with E-state index in [0.717, 1.165) is 27.8 Å². The maximum atomic E-state index is 11.7. The van der Waals surface area contributed by atoms with E-state index in [2.05, 4.69) is 15.7 Å². The molecule has 0 bridgehead atoms. The molecule has 0 aliphatic rings. The molecule has 0 aliphatic heterocycles. The zero-order valence-corrected chi connectivity index (χ0v) is 14.2. The maximum Gasteiger partial charge on any atom is 0.221 e. The van der Waals surface area contributed by atoms with Crippen LogP contribution in [0.1, 0.15) is 22.7 Å². The summed E-state index contributed by atoms with van der Waals surface area (Å²) in [4.78, 5) is 16.1. The Bertz CT molecular complexity index is 584. The third-order valence-corrected chi connectivity index (χ3v) is 4.86. The summed E-state index contributed by atoms with van der Waals surface area (Å²) in [6, 6.07) is 7.49. The fourth-order valence-electron chi connectivity index (χ4n) is 1.71. The van der Waals surface area contributed by atoms with Crippen LogP contribution in [0.2, 0.25) is 5.02 Å². The van der Waals surface area contributed by atoms with Crippen molar-refractivity contribution in [3.63, 3.8) is 0 Å². The Morgan fingerprint density at radius 1 is 1.38 bits per heavy atom. The van der Waals surface area contributed by atoms with Crippen molar-refractivity contribution in [3.05, 3.63) is 50.9 Å². The van der Waals surface area contributed by atoms with E-state index in [1.807, 2.05) is 31.2 Å². The highest BCUT2D eigenvalue weighted by molar-refractivity contribution is 7.98. The molecule has 1 N–H and O–H groups in total. The minimum atomic E-state index is 0.0758. The lowest BCUT2D eigenvalue weighted by molar-refractivity contribution is -0.120. The number of hydrogen-bond acceptors (Lipinski definition) is 4. The minimum Gasteiger partial charge on any atom is -0.352 e. The van der Waals surface area contributed by atoms with Crippen LogP contribution in [0.25, 0.3) is 0 Å². The van der Waals surface area contributed by atoms with Gasteiger partial charge in [0.25, 0.3) is 0 Å². The van der Waals surface area contributed by atoms with Gasteiger partial charge >= 0.3 is 0 Å². The lowest BCUT2D eigenvalue weighted by atomic mass is 10.2. The minimum absolute atomic E-state index is 0.0758. The van der Waals surface area contributed by atoms with Crippen molar-refractivity contribution in [2.45, 2.75) is 25.6 Å². The Hall–Kier alpha value is -1.04. The molecule has 0 radical (unpaired) electrons. The molecule has 2 aromatic rings. The number of hydrogen-bond donors (Lipinski definition) is 1. The maximum absolute atomic E-state index is 11.7. The molecular weight excluding hydrogens is 324 g/mol. The Kier molecular flexibility index (Phi) is 6.54. The molecule has 6 heteroatoms. The number of benzene rings is 1. The number of halogens is 1. The number of amides is 1. The van der Waals surface area contributed by atoms with Gasteiger partial charge in [0.1, 0.15) is 0 Å². The summed E-state index contributed by atoms with van der Waals surface area (Å²) >= 11 is 9.22. The standard InChI is InChI=1S/C15H17ClN2OS2/c1-11-18-14(10-21-11)9-20-7-6-15(19)17-8-12-2-4-13(16)5-3-12/h2-5,10H,6-9H2,1H3,(H,17,19). The number of aryl methyl sites for hydroxylation is 1. The number of nitrogens with one attached hydrogen (secondary N) is 1. The predicted molar refractivity (Wildman–Crippen MR) is 90.9 cm³/mol. The van der Waals surface area contributed by atoms with E-state index in [0.29, 0.717) is 18.0 Å². The molecule has 2 rings (SSSR count). The van der Waals surface area contributed by atoms with Crippen molar-refractivity contribution < 1.29 is 4.79 Å². The van der Waals surface area contributed by atoms with Crippen LogP contribution in [0, 0.1) is 6.92 Å². The predicted octanol–water partition coefficient (Wildman–Crippen LogP) is 4.04. The topological polar surface area (TPSA) is 42.0 Å². The average Bonchev–Trinajstić information content (AvgIpc) is 2.89. The van der Waals surface area contributed by atoms with Crippen LogP contribution in [0.3, 0.4) is 0 Å². The zero-order valence-electron chi connectivity index (χ0n) is 11.8.